The molecule has 0 unspecified atom stereocenters. The highest BCUT2D eigenvalue weighted by Crippen LogP contribution is 2.22. The van der Waals surface area contributed by atoms with E-state index in [1.165, 1.54) is 0 Å². The average Bonchev–Trinajstić information content (AvgIpc) is 2.20. The summed E-state index contributed by atoms with van der Waals surface area (Å²) in [6.45, 7) is 2.42. The lowest BCUT2D eigenvalue weighted by Crippen LogP contribution is -2.15. The summed E-state index contributed by atoms with van der Waals surface area (Å²) in [6.07, 6.45) is 1.59. The fourth-order valence-electron chi connectivity index (χ4n) is 0.972. The number of nitrogens with one attached hydrogen (secondary N) is 1. The average molecular weight is 295 g/mol. The molecule has 0 spiro atoms. The summed E-state index contributed by atoms with van der Waals surface area (Å²) in [6, 6.07) is 1.79. The molecule has 0 bridgehead atoms. The molecule has 0 aliphatic heterocycles. The second-order valence-corrected chi connectivity index (χ2v) is 4.10. The number of nitrogens with zero attached hydrogens (tertiary/aromatic N) is 1. The predicted octanol–water partition coefficient (Wildman–Crippen LogP) is 1.88. The Morgan fingerprint density at radius 1 is 1.53 bits per heavy atom. The van der Waals surface area contributed by atoms with Gasteiger partial charge in [-0.05, 0) is 22.0 Å². The monoisotopic (exact) mass is 293 g/mol. The van der Waals surface area contributed by atoms with E-state index in [-0.39, 0.29) is 0 Å². The maximum Gasteiger partial charge on any atom is 0.140 e. The molecule has 0 saturated carbocycles. The smallest absolute Gasteiger partial charge is 0.140 e. The third-order valence-corrected chi connectivity index (χ3v) is 2.42. The highest BCUT2D eigenvalue weighted by molar-refractivity contribution is 9.10. The van der Waals surface area contributed by atoms with Crippen LogP contribution in [0.2, 0.25) is 5.02 Å². The standard InChI is InChI=1S/C9H13BrClN3O/c10-8-5-7(11)6-14-9(8)13-2-4-15-3-1-12/h5-6H,1-4,12H2,(H,13,14). The fourth-order valence-corrected chi connectivity index (χ4v) is 1.75. The minimum absolute atomic E-state index is 0.545. The molecule has 0 amide bonds. The Balaban J connectivity index is 2.31. The van der Waals surface area contributed by atoms with Gasteiger partial charge in [0.15, 0.2) is 0 Å². The normalized spacial score (nSPS) is 10.3. The fraction of sp³-hybridized carbons (Fsp3) is 0.444. The van der Waals surface area contributed by atoms with Crippen molar-refractivity contribution in [3.63, 3.8) is 0 Å². The lowest BCUT2D eigenvalue weighted by Gasteiger charge is -2.07. The van der Waals surface area contributed by atoms with Gasteiger partial charge in [0.2, 0.25) is 0 Å². The molecule has 84 valence electrons. The van der Waals surface area contributed by atoms with Crippen LogP contribution in [0.15, 0.2) is 16.7 Å². The minimum atomic E-state index is 0.545. The Bertz CT molecular complexity index is 311. The molecule has 0 aliphatic rings. The van der Waals surface area contributed by atoms with Gasteiger partial charge in [0, 0.05) is 19.3 Å². The first kappa shape index (κ1) is 12.7. The number of halogens is 2. The highest BCUT2D eigenvalue weighted by Gasteiger charge is 2.00. The molecule has 6 heteroatoms. The molecule has 1 aromatic heterocycles. The van der Waals surface area contributed by atoms with Crippen molar-refractivity contribution in [2.45, 2.75) is 0 Å². The predicted molar refractivity (Wildman–Crippen MR) is 65.3 cm³/mol. The van der Waals surface area contributed by atoms with Crippen LogP contribution in [0.3, 0.4) is 0 Å². The Morgan fingerprint density at radius 3 is 3.00 bits per heavy atom. The zero-order chi connectivity index (χ0) is 11.1. The summed E-state index contributed by atoms with van der Waals surface area (Å²) in [5.41, 5.74) is 5.28. The van der Waals surface area contributed by atoms with Crippen LogP contribution < -0.4 is 11.1 Å². The van der Waals surface area contributed by atoms with Gasteiger partial charge in [-0.15, -0.1) is 0 Å². The quantitative estimate of drug-likeness (QED) is 0.787. The third kappa shape index (κ3) is 4.79. The summed E-state index contributed by atoms with van der Waals surface area (Å²) in [7, 11) is 0. The van der Waals surface area contributed by atoms with Crippen molar-refractivity contribution < 1.29 is 4.74 Å². The van der Waals surface area contributed by atoms with E-state index in [0.717, 1.165) is 10.3 Å². The summed E-state index contributed by atoms with van der Waals surface area (Å²) in [5.74, 6) is 0.760. The van der Waals surface area contributed by atoms with E-state index < -0.39 is 0 Å². The number of pyridine rings is 1. The van der Waals surface area contributed by atoms with Crippen LogP contribution in [0, 0.1) is 0 Å². The summed E-state index contributed by atoms with van der Waals surface area (Å²) < 4.78 is 6.05. The molecular formula is C9H13BrClN3O. The van der Waals surface area contributed by atoms with Gasteiger partial charge in [0.1, 0.15) is 5.82 Å². The summed E-state index contributed by atoms with van der Waals surface area (Å²) in [4.78, 5) is 4.13. The van der Waals surface area contributed by atoms with Crippen LogP contribution in [0.25, 0.3) is 0 Å². The molecule has 0 saturated heterocycles. The highest BCUT2D eigenvalue weighted by atomic mass is 79.9. The molecule has 0 radical (unpaired) electrons. The zero-order valence-corrected chi connectivity index (χ0v) is 10.5. The van der Waals surface area contributed by atoms with Crippen LogP contribution in [0.4, 0.5) is 5.82 Å². The number of hydrogen-bond acceptors (Lipinski definition) is 4. The van der Waals surface area contributed by atoms with Crippen LogP contribution in [-0.2, 0) is 4.74 Å². The van der Waals surface area contributed by atoms with Gasteiger partial charge in [-0.3, -0.25) is 0 Å². The molecule has 15 heavy (non-hydrogen) atoms. The summed E-state index contributed by atoms with van der Waals surface area (Å²) >= 11 is 9.12. The van der Waals surface area contributed by atoms with Gasteiger partial charge in [-0.2, -0.15) is 0 Å². The maximum atomic E-state index is 5.76. The number of hydrogen-bond donors (Lipinski definition) is 2. The van der Waals surface area contributed by atoms with Crippen molar-refractivity contribution in [3.8, 4) is 0 Å². The van der Waals surface area contributed by atoms with E-state index in [1.807, 2.05) is 0 Å². The topological polar surface area (TPSA) is 60.2 Å². The Kier molecular flexibility index (Phi) is 5.93. The Morgan fingerprint density at radius 2 is 2.33 bits per heavy atom. The van der Waals surface area contributed by atoms with Crippen molar-refractivity contribution in [1.29, 1.82) is 0 Å². The van der Waals surface area contributed by atoms with Crippen LogP contribution in [0.1, 0.15) is 0 Å². The number of aromatic nitrogens is 1. The van der Waals surface area contributed by atoms with Crippen molar-refractivity contribution >= 4 is 33.3 Å². The number of nitrogens with two attached hydrogens (primary N) is 1. The van der Waals surface area contributed by atoms with E-state index in [9.17, 15) is 0 Å². The molecule has 0 fully saturated rings. The molecule has 0 aromatic carbocycles. The number of rotatable bonds is 6. The van der Waals surface area contributed by atoms with Gasteiger partial charge in [-0.25, -0.2) is 4.98 Å². The zero-order valence-electron chi connectivity index (χ0n) is 8.17. The largest absolute Gasteiger partial charge is 0.378 e. The van der Waals surface area contributed by atoms with Gasteiger partial charge in [-0.1, -0.05) is 11.6 Å². The SMILES string of the molecule is NCCOCCNc1ncc(Cl)cc1Br. The van der Waals surface area contributed by atoms with Gasteiger partial charge in [0.05, 0.1) is 22.7 Å². The van der Waals surface area contributed by atoms with Crippen molar-refractivity contribution in [2.24, 2.45) is 5.73 Å². The molecule has 0 atom stereocenters. The summed E-state index contributed by atoms with van der Waals surface area (Å²) in [5, 5.41) is 3.72. The van der Waals surface area contributed by atoms with Crippen LogP contribution >= 0.6 is 27.5 Å². The first-order chi connectivity index (χ1) is 7.24. The maximum absolute atomic E-state index is 5.76. The first-order valence-electron chi connectivity index (χ1n) is 4.56. The van der Waals surface area contributed by atoms with Crippen molar-refractivity contribution in [1.82, 2.24) is 4.98 Å². The first-order valence-corrected chi connectivity index (χ1v) is 5.74. The molecule has 1 aromatic rings. The van der Waals surface area contributed by atoms with E-state index in [4.69, 9.17) is 22.1 Å². The number of anilines is 1. The Hall–Kier alpha value is -0.360. The van der Waals surface area contributed by atoms with Crippen molar-refractivity contribution in [3.05, 3.63) is 21.8 Å². The van der Waals surface area contributed by atoms with Gasteiger partial charge in [0.25, 0.3) is 0 Å². The Labute approximate surface area is 102 Å². The minimum Gasteiger partial charge on any atom is -0.378 e. The molecule has 4 nitrogen and oxygen atoms in total. The lowest BCUT2D eigenvalue weighted by molar-refractivity contribution is 0.151. The van der Waals surface area contributed by atoms with E-state index >= 15 is 0 Å². The third-order valence-electron chi connectivity index (χ3n) is 1.61. The van der Waals surface area contributed by atoms with Crippen molar-refractivity contribution in [2.75, 3.05) is 31.6 Å². The molecule has 1 heterocycles. The van der Waals surface area contributed by atoms with E-state index in [0.29, 0.717) is 31.3 Å². The lowest BCUT2D eigenvalue weighted by atomic mass is 10.4. The second-order valence-electron chi connectivity index (χ2n) is 2.81. The number of ether oxygens (including phenoxy) is 1. The molecule has 1 rings (SSSR count). The van der Waals surface area contributed by atoms with E-state index in [2.05, 4.69) is 26.2 Å². The van der Waals surface area contributed by atoms with Gasteiger partial charge < -0.3 is 15.8 Å². The van der Waals surface area contributed by atoms with Crippen LogP contribution in [0.5, 0.6) is 0 Å². The molecular weight excluding hydrogens is 281 g/mol. The molecule has 3 N–H and O–H groups in total. The van der Waals surface area contributed by atoms with Gasteiger partial charge >= 0.3 is 0 Å². The molecule has 0 aliphatic carbocycles. The van der Waals surface area contributed by atoms with Crippen LogP contribution in [-0.4, -0.2) is 31.3 Å². The second kappa shape index (κ2) is 7.00. The van der Waals surface area contributed by atoms with E-state index in [1.54, 1.807) is 12.3 Å².